The monoisotopic (exact) mass is 397 g/mol. The summed E-state index contributed by atoms with van der Waals surface area (Å²) < 4.78 is 12.4. The number of carbonyl (C=O) groups is 2. The number of hydrogen-bond acceptors (Lipinski definition) is 6. The smallest absolute Gasteiger partial charge is 0.262 e. The summed E-state index contributed by atoms with van der Waals surface area (Å²) in [5.74, 6) is -0.00432. The third kappa shape index (κ3) is 3.69. The normalized spacial score (nSPS) is 15.8. The lowest BCUT2D eigenvalue weighted by molar-refractivity contribution is -0.128. The van der Waals surface area contributed by atoms with Crippen LogP contribution in [0, 0.1) is 0 Å². The minimum atomic E-state index is -0.756. The molecule has 3 aromatic rings. The van der Waals surface area contributed by atoms with Crippen LogP contribution in [0.1, 0.15) is 5.01 Å². The Hall–Kier alpha value is -2.97. The topological polar surface area (TPSA) is 80.8 Å². The number of likely N-dealkylation sites (N-methyl/N-ethyl adjacent to an activating group) is 1. The molecule has 1 aliphatic heterocycles. The molecule has 1 atom stereocenters. The van der Waals surface area contributed by atoms with Crippen molar-refractivity contribution in [2.45, 2.75) is 12.7 Å². The van der Waals surface area contributed by atoms with Crippen LogP contribution in [0.2, 0.25) is 0 Å². The predicted octanol–water partition coefficient (Wildman–Crippen LogP) is 2.35. The fourth-order valence-electron chi connectivity index (χ4n) is 3.05. The van der Waals surface area contributed by atoms with E-state index in [-0.39, 0.29) is 31.6 Å². The van der Waals surface area contributed by atoms with E-state index in [1.807, 2.05) is 30.3 Å². The molecule has 8 heteroatoms. The number of aromatic nitrogens is 1. The Morgan fingerprint density at radius 3 is 2.86 bits per heavy atom. The van der Waals surface area contributed by atoms with Crippen LogP contribution in [-0.2, 0) is 20.9 Å². The maximum Gasteiger partial charge on any atom is 0.262 e. The van der Waals surface area contributed by atoms with Gasteiger partial charge in [0, 0.05) is 7.05 Å². The van der Waals surface area contributed by atoms with Gasteiger partial charge in [0.25, 0.3) is 11.8 Å². The second-order valence-corrected chi connectivity index (χ2v) is 7.38. The molecule has 0 radical (unpaired) electrons. The summed E-state index contributed by atoms with van der Waals surface area (Å²) in [5.41, 5.74) is 1.56. The van der Waals surface area contributed by atoms with Crippen molar-refractivity contribution in [1.29, 1.82) is 0 Å². The molecule has 2 aromatic carbocycles. The van der Waals surface area contributed by atoms with Crippen molar-refractivity contribution < 1.29 is 19.1 Å². The molecule has 0 saturated heterocycles. The van der Waals surface area contributed by atoms with E-state index in [2.05, 4.69) is 10.3 Å². The second-order valence-electron chi connectivity index (χ2n) is 6.26. The number of para-hydroxylation sites is 3. The third-order valence-corrected chi connectivity index (χ3v) is 5.41. The van der Waals surface area contributed by atoms with Gasteiger partial charge in [-0.3, -0.25) is 9.59 Å². The summed E-state index contributed by atoms with van der Waals surface area (Å²) >= 11 is 1.55. The molecule has 0 unspecified atom stereocenters. The summed E-state index contributed by atoms with van der Waals surface area (Å²) in [6.45, 7) is 0.292. The second kappa shape index (κ2) is 7.95. The van der Waals surface area contributed by atoms with E-state index in [1.54, 1.807) is 36.6 Å². The first kappa shape index (κ1) is 18.4. The van der Waals surface area contributed by atoms with Crippen molar-refractivity contribution in [3.8, 4) is 5.75 Å². The first-order chi connectivity index (χ1) is 13.7. The molecule has 0 fully saturated rings. The Morgan fingerprint density at radius 2 is 2.04 bits per heavy atom. The highest BCUT2D eigenvalue weighted by molar-refractivity contribution is 7.18. The predicted molar refractivity (Wildman–Crippen MR) is 107 cm³/mol. The average molecular weight is 397 g/mol. The van der Waals surface area contributed by atoms with Crippen molar-refractivity contribution >= 4 is 39.1 Å². The molecule has 0 spiro atoms. The molecule has 144 valence electrons. The van der Waals surface area contributed by atoms with Gasteiger partial charge in [-0.2, -0.15) is 0 Å². The van der Waals surface area contributed by atoms with Gasteiger partial charge in [-0.1, -0.05) is 24.3 Å². The zero-order valence-electron chi connectivity index (χ0n) is 15.3. The molecule has 1 aliphatic rings. The Bertz CT molecular complexity index is 986. The van der Waals surface area contributed by atoms with Crippen LogP contribution < -0.4 is 15.0 Å². The summed E-state index contributed by atoms with van der Waals surface area (Å²) in [4.78, 5) is 30.8. The highest BCUT2D eigenvalue weighted by Crippen LogP contribution is 2.33. The maximum atomic E-state index is 12.8. The Kier molecular flexibility index (Phi) is 5.23. The van der Waals surface area contributed by atoms with E-state index in [1.165, 1.54) is 4.90 Å². The number of rotatable bonds is 5. The molecule has 28 heavy (non-hydrogen) atoms. The van der Waals surface area contributed by atoms with Crippen LogP contribution in [0.3, 0.4) is 0 Å². The van der Waals surface area contributed by atoms with Crippen LogP contribution >= 0.6 is 11.3 Å². The number of nitrogens with one attached hydrogen (secondary N) is 1. The first-order valence-electron chi connectivity index (χ1n) is 8.85. The molecular formula is C20H19N3O4S. The molecule has 2 heterocycles. The van der Waals surface area contributed by atoms with Crippen LogP contribution in [0.5, 0.6) is 5.75 Å². The number of nitrogens with zero attached hydrogens (tertiary/aromatic N) is 2. The summed E-state index contributed by atoms with van der Waals surface area (Å²) in [7, 11) is 1.54. The van der Waals surface area contributed by atoms with Crippen LogP contribution in [0.25, 0.3) is 10.2 Å². The van der Waals surface area contributed by atoms with Gasteiger partial charge in [0.15, 0.2) is 6.10 Å². The van der Waals surface area contributed by atoms with Crippen molar-refractivity contribution in [1.82, 2.24) is 10.3 Å². The van der Waals surface area contributed by atoms with Gasteiger partial charge in [0.05, 0.1) is 29.1 Å². The van der Waals surface area contributed by atoms with Gasteiger partial charge in [0.2, 0.25) is 0 Å². The Labute approximate surface area is 165 Å². The van der Waals surface area contributed by atoms with Gasteiger partial charge >= 0.3 is 0 Å². The van der Waals surface area contributed by atoms with Crippen molar-refractivity contribution in [2.24, 2.45) is 0 Å². The highest BCUT2D eigenvalue weighted by atomic mass is 32.1. The highest BCUT2D eigenvalue weighted by Gasteiger charge is 2.33. The number of hydrogen-bond donors (Lipinski definition) is 1. The molecule has 0 aliphatic carbocycles. The van der Waals surface area contributed by atoms with E-state index in [4.69, 9.17) is 9.47 Å². The van der Waals surface area contributed by atoms with E-state index >= 15 is 0 Å². The number of thiazole rings is 1. The summed E-state index contributed by atoms with van der Waals surface area (Å²) in [6, 6.07) is 15.0. The zero-order chi connectivity index (χ0) is 19.5. The minimum Gasteiger partial charge on any atom is -0.477 e. The lowest BCUT2D eigenvalue weighted by Crippen LogP contribution is -2.50. The molecule has 0 bridgehead atoms. The quantitative estimate of drug-likeness (QED) is 0.715. The van der Waals surface area contributed by atoms with E-state index in [0.717, 1.165) is 15.2 Å². The standard InChI is InChI=1S/C20H19N3O4S/c1-21-20(25)16-10-23(14-7-3-4-8-15(14)27-16)19(24)12-26-11-18-22-13-6-2-5-9-17(13)28-18/h2-9,16H,10-12H2,1H3,(H,21,25)/t16-/m1/s1. The van der Waals surface area contributed by atoms with Crippen molar-refractivity contribution in [3.05, 3.63) is 53.5 Å². The molecule has 0 saturated carbocycles. The number of amides is 2. The van der Waals surface area contributed by atoms with Gasteiger partial charge in [-0.15, -0.1) is 11.3 Å². The number of ether oxygens (including phenoxy) is 2. The Morgan fingerprint density at radius 1 is 1.25 bits per heavy atom. The van der Waals surface area contributed by atoms with Crippen LogP contribution in [0.4, 0.5) is 5.69 Å². The molecule has 1 N–H and O–H groups in total. The molecule has 2 amide bonds. The number of carbonyl (C=O) groups excluding carboxylic acids is 2. The number of benzene rings is 2. The molecule has 4 rings (SSSR count). The van der Waals surface area contributed by atoms with Crippen molar-refractivity contribution in [3.63, 3.8) is 0 Å². The minimum absolute atomic E-state index is 0.106. The molecule has 1 aromatic heterocycles. The number of fused-ring (bicyclic) bond motifs is 2. The SMILES string of the molecule is CNC(=O)[C@H]1CN(C(=O)COCc2nc3ccccc3s2)c2ccccc2O1. The third-order valence-electron chi connectivity index (χ3n) is 4.40. The number of anilines is 1. The van der Waals surface area contributed by atoms with Gasteiger partial charge in [-0.25, -0.2) is 4.98 Å². The lowest BCUT2D eigenvalue weighted by atomic mass is 10.1. The van der Waals surface area contributed by atoms with Gasteiger partial charge in [-0.05, 0) is 24.3 Å². The van der Waals surface area contributed by atoms with Crippen LogP contribution in [0.15, 0.2) is 48.5 Å². The van der Waals surface area contributed by atoms with Gasteiger partial charge in [0.1, 0.15) is 17.4 Å². The Balaban J connectivity index is 1.43. The summed E-state index contributed by atoms with van der Waals surface area (Å²) in [6.07, 6.45) is -0.756. The molecule has 7 nitrogen and oxygen atoms in total. The van der Waals surface area contributed by atoms with E-state index < -0.39 is 6.10 Å². The van der Waals surface area contributed by atoms with Gasteiger partial charge < -0.3 is 19.7 Å². The first-order valence-corrected chi connectivity index (χ1v) is 9.67. The lowest BCUT2D eigenvalue weighted by Gasteiger charge is -2.33. The fraction of sp³-hybridized carbons (Fsp3) is 0.250. The fourth-order valence-corrected chi connectivity index (χ4v) is 3.96. The largest absolute Gasteiger partial charge is 0.477 e. The summed E-state index contributed by atoms with van der Waals surface area (Å²) in [5, 5.41) is 3.38. The van der Waals surface area contributed by atoms with Crippen molar-refractivity contribution in [2.75, 3.05) is 25.1 Å². The molecular weight excluding hydrogens is 378 g/mol. The average Bonchev–Trinajstić information content (AvgIpc) is 3.15. The zero-order valence-corrected chi connectivity index (χ0v) is 16.1. The van der Waals surface area contributed by atoms with E-state index in [0.29, 0.717) is 11.4 Å². The van der Waals surface area contributed by atoms with Crippen LogP contribution in [-0.4, -0.2) is 43.1 Å². The maximum absolute atomic E-state index is 12.8. The van der Waals surface area contributed by atoms with E-state index in [9.17, 15) is 9.59 Å².